The van der Waals surface area contributed by atoms with Gasteiger partial charge in [0.2, 0.25) is 0 Å². The van der Waals surface area contributed by atoms with Crippen molar-refractivity contribution in [2.75, 3.05) is 26.2 Å². The lowest BCUT2D eigenvalue weighted by molar-refractivity contribution is -0.0348. The minimum Gasteiger partial charge on any atom is -0.488 e. The molecule has 6 rings (SSSR count). The summed E-state index contributed by atoms with van der Waals surface area (Å²) in [5, 5.41) is 3.16. The number of halogens is 2. The van der Waals surface area contributed by atoms with Gasteiger partial charge in [-0.1, -0.05) is 44.2 Å². The van der Waals surface area contributed by atoms with Crippen LogP contribution in [0.3, 0.4) is 0 Å². The molecule has 182 valence electrons. The van der Waals surface area contributed by atoms with Crippen molar-refractivity contribution in [3.8, 4) is 16.9 Å². The van der Waals surface area contributed by atoms with Crippen LogP contribution in [-0.2, 0) is 11.2 Å². The normalized spacial score (nSPS) is 26.9. The second kappa shape index (κ2) is 9.17. The van der Waals surface area contributed by atoms with Crippen LogP contribution in [-0.4, -0.2) is 49.8 Å². The molecule has 1 unspecified atom stereocenters. The number of ether oxygens (including phenoxy) is 2. The third kappa shape index (κ3) is 4.76. The van der Waals surface area contributed by atoms with Crippen molar-refractivity contribution < 1.29 is 23.0 Å². The second-order valence-corrected chi connectivity index (χ2v) is 10.5. The van der Waals surface area contributed by atoms with Gasteiger partial charge in [-0.25, -0.2) is 13.6 Å². The lowest BCUT2D eigenvalue weighted by Gasteiger charge is -2.44. The van der Waals surface area contributed by atoms with Gasteiger partial charge in [0.05, 0.1) is 6.04 Å². The molecule has 2 aromatic carbocycles. The molecule has 1 aliphatic carbocycles. The van der Waals surface area contributed by atoms with Gasteiger partial charge in [-0.05, 0) is 78.1 Å². The molecule has 0 spiro atoms. The van der Waals surface area contributed by atoms with Gasteiger partial charge in [0.1, 0.15) is 18.5 Å². The van der Waals surface area contributed by atoms with E-state index in [0.717, 1.165) is 55.6 Å². The molecule has 3 aliphatic heterocycles. The van der Waals surface area contributed by atoms with Crippen molar-refractivity contribution in [3.63, 3.8) is 0 Å². The highest BCUT2D eigenvalue weighted by Gasteiger charge is 2.42. The van der Waals surface area contributed by atoms with E-state index in [0.29, 0.717) is 11.7 Å². The fraction of sp³-hybridized carbons (Fsp3) is 0.519. The maximum atomic E-state index is 12.8. The van der Waals surface area contributed by atoms with Crippen LogP contribution in [0, 0.1) is 11.3 Å². The standard InChI is InChI=1S/C27H32F2N2O3/c1-27(2)14-20-13-19(17-3-6-21(7-4-17)33-16-24(28)29)5-8-22(20)25(27)30-26(32)34-23-15-31-11-9-18(23)10-12-31/h3-8,13,18,23-25H,9-12,14-16H2,1-2H3,(H,30,32)/t23-,25?/m0/s1. The first kappa shape index (κ1) is 23.1. The van der Waals surface area contributed by atoms with Gasteiger partial charge in [-0.15, -0.1) is 0 Å². The van der Waals surface area contributed by atoms with Crippen molar-refractivity contribution in [2.24, 2.45) is 11.3 Å². The van der Waals surface area contributed by atoms with Crippen molar-refractivity contribution in [1.82, 2.24) is 10.2 Å². The van der Waals surface area contributed by atoms with Gasteiger partial charge in [0.15, 0.2) is 0 Å². The Morgan fingerprint density at radius 3 is 2.47 bits per heavy atom. The minimum atomic E-state index is -2.49. The molecule has 1 amide bonds. The van der Waals surface area contributed by atoms with Gasteiger partial charge in [0.25, 0.3) is 6.43 Å². The van der Waals surface area contributed by atoms with Gasteiger partial charge < -0.3 is 14.8 Å². The van der Waals surface area contributed by atoms with Gasteiger partial charge in [-0.3, -0.25) is 4.90 Å². The Balaban J connectivity index is 1.27. The molecule has 3 heterocycles. The summed E-state index contributed by atoms with van der Waals surface area (Å²) >= 11 is 0. The first-order chi connectivity index (χ1) is 16.3. The largest absolute Gasteiger partial charge is 0.488 e. The van der Waals surface area contributed by atoms with Crippen molar-refractivity contribution in [3.05, 3.63) is 53.6 Å². The highest BCUT2D eigenvalue weighted by atomic mass is 19.3. The zero-order chi connectivity index (χ0) is 23.9. The zero-order valence-corrected chi connectivity index (χ0v) is 19.7. The molecular formula is C27H32F2N2O3. The SMILES string of the molecule is CC1(C)Cc2cc(-c3ccc(OCC(F)F)cc3)ccc2C1NC(=O)O[C@H]1CN2CCC1CC2. The van der Waals surface area contributed by atoms with Crippen LogP contribution >= 0.6 is 0 Å². The molecule has 34 heavy (non-hydrogen) atoms. The maximum absolute atomic E-state index is 12.8. The number of rotatable bonds is 6. The van der Waals surface area contributed by atoms with Crippen LogP contribution in [0.2, 0.25) is 0 Å². The van der Waals surface area contributed by atoms with Crippen LogP contribution < -0.4 is 10.1 Å². The number of carbonyl (C=O) groups is 1. The number of amides is 1. The van der Waals surface area contributed by atoms with Crippen molar-refractivity contribution >= 4 is 6.09 Å². The number of nitrogens with one attached hydrogen (secondary N) is 1. The van der Waals surface area contributed by atoms with Crippen molar-refractivity contribution in [2.45, 2.75) is 51.7 Å². The first-order valence-corrected chi connectivity index (χ1v) is 12.1. The van der Waals surface area contributed by atoms with Crippen LogP contribution in [0.5, 0.6) is 5.75 Å². The Morgan fingerprint density at radius 1 is 1.12 bits per heavy atom. The maximum Gasteiger partial charge on any atom is 0.407 e. The number of hydrogen-bond donors (Lipinski definition) is 1. The Kier molecular flexibility index (Phi) is 6.23. The van der Waals surface area contributed by atoms with E-state index < -0.39 is 13.0 Å². The number of fused-ring (bicyclic) bond motifs is 4. The molecule has 7 heteroatoms. The van der Waals surface area contributed by atoms with E-state index >= 15 is 0 Å². The fourth-order valence-corrected chi connectivity index (χ4v) is 5.74. The number of hydrogen-bond acceptors (Lipinski definition) is 4. The van der Waals surface area contributed by atoms with Gasteiger partial charge >= 0.3 is 6.09 Å². The Hall–Kier alpha value is -2.67. The third-order valence-electron chi connectivity index (χ3n) is 7.56. The average Bonchev–Trinajstić information content (AvgIpc) is 3.07. The molecule has 4 aliphatic rings. The van der Waals surface area contributed by atoms with E-state index in [4.69, 9.17) is 9.47 Å². The lowest BCUT2D eigenvalue weighted by Crippen LogP contribution is -2.53. The number of carbonyl (C=O) groups excluding carboxylic acids is 1. The molecule has 0 aromatic heterocycles. The second-order valence-electron chi connectivity index (χ2n) is 10.5. The number of benzene rings is 2. The van der Waals surface area contributed by atoms with Crippen LogP contribution in [0.1, 0.15) is 43.9 Å². The molecule has 1 N–H and O–H groups in total. The van der Waals surface area contributed by atoms with Gasteiger partial charge in [-0.2, -0.15) is 0 Å². The predicted octanol–water partition coefficient (Wildman–Crippen LogP) is 5.44. The summed E-state index contributed by atoms with van der Waals surface area (Å²) in [6.45, 7) is 6.80. The molecule has 3 saturated heterocycles. The third-order valence-corrected chi connectivity index (χ3v) is 7.56. The van der Waals surface area contributed by atoms with Crippen LogP contribution in [0.25, 0.3) is 11.1 Å². The van der Waals surface area contributed by atoms with E-state index in [-0.39, 0.29) is 23.7 Å². The summed E-state index contributed by atoms with van der Waals surface area (Å²) in [6, 6.07) is 13.4. The molecule has 0 radical (unpaired) electrons. The molecular weight excluding hydrogens is 438 g/mol. The lowest BCUT2D eigenvalue weighted by atomic mass is 9.85. The number of piperidine rings is 3. The van der Waals surface area contributed by atoms with Crippen LogP contribution in [0.15, 0.2) is 42.5 Å². The molecule has 2 atom stereocenters. The minimum absolute atomic E-state index is 0.0125. The summed E-state index contributed by atoms with van der Waals surface area (Å²) in [4.78, 5) is 15.2. The monoisotopic (exact) mass is 470 g/mol. The Labute approximate surface area is 199 Å². The summed E-state index contributed by atoms with van der Waals surface area (Å²) in [6.07, 6.45) is 0.232. The number of alkyl carbamates (subject to hydrolysis) is 1. The number of nitrogens with zero attached hydrogens (tertiary/aromatic N) is 1. The van der Waals surface area contributed by atoms with Gasteiger partial charge in [0, 0.05) is 6.54 Å². The number of alkyl halides is 2. The van der Waals surface area contributed by atoms with Crippen LogP contribution in [0.4, 0.5) is 13.6 Å². The highest BCUT2D eigenvalue weighted by Crippen LogP contribution is 2.46. The Morgan fingerprint density at radius 2 is 1.82 bits per heavy atom. The molecule has 2 bridgehead atoms. The van der Waals surface area contributed by atoms with E-state index in [1.807, 2.05) is 18.2 Å². The average molecular weight is 471 g/mol. The smallest absolute Gasteiger partial charge is 0.407 e. The summed E-state index contributed by atoms with van der Waals surface area (Å²) < 4.78 is 35.7. The fourth-order valence-electron chi connectivity index (χ4n) is 5.74. The topological polar surface area (TPSA) is 50.8 Å². The molecule has 2 aromatic rings. The van der Waals surface area contributed by atoms with E-state index in [2.05, 4.69) is 36.2 Å². The first-order valence-electron chi connectivity index (χ1n) is 12.1. The highest BCUT2D eigenvalue weighted by molar-refractivity contribution is 5.70. The van der Waals surface area contributed by atoms with E-state index in [9.17, 15) is 13.6 Å². The quantitative estimate of drug-likeness (QED) is 0.611. The summed E-state index contributed by atoms with van der Waals surface area (Å²) in [5.41, 5.74) is 4.22. The zero-order valence-electron chi connectivity index (χ0n) is 19.7. The van der Waals surface area contributed by atoms with Crippen molar-refractivity contribution in [1.29, 1.82) is 0 Å². The molecule has 3 fully saturated rings. The van der Waals surface area contributed by atoms with E-state index in [1.54, 1.807) is 12.1 Å². The molecule has 5 nitrogen and oxygen atoms in total. The van der Waals surface area contributed by atoms with E-state index in [1.165, 1.54) is 5.56 Å². The summed E-state index contributed by atoms with van der Waals surface area (Å²) in [5.74, 6) is 0.909. The summed E-state index contributed by atoms with van der Waals surface area (Å²) in [7, 11) is 0. The predicted molar refractivity (Wildman–Crippen MR) is 126 cm³/mol. The molecule has 0 saturated carbocycles. The Bertz CT molecular complexity index is 1030.